The van der Waals surface area contributed by atoms with E-state index in [9.17, 15) is 21.0 Å². The van der Waals surface area contributed by atoms with Crippen molar-refractivity contribution in [1.82, 2.24) is 5.32 Å². The van der Waals surface area contributed by atoms with Crippen molar-refractivity contribution in [2.45, 2.75) is 17.7 Å². The molecule has 0 saturated heterocycles. The van der Waals surface area contributed by atoms with Crippen molar-refractivity contribution in [3.05, 3.63) is 111 Å². The van der Waals surface area contributed by atoms with Crippen LogP contribution in [0.3, 0.4) is 0 Å². The first kappa shape index (κ1) is 20.3. The molecular weight excluding hydrogens is 406 g/mol. The van der Waals surface area contributed by atoms with Gasteiger partial charge in [-0.1, -0.05) is 42.5 Å². The van der Waals surface area contributed by atoms with Gasteiger partial charge in [0.05, 0.1) is 28.8 Å². The van der Waals surface area contributed by atoms with Gasteiger partial charge in [-0.05, 0) is 11.4 Å². The number of allylic oxidation sites excluding steroid dienone is 2. The first-order valence-electron chi connectivity index (χ1n) is 9.51. The van der Waals surface area contributed by atoms with Gasteiger partial charge < -0.3 is 15.8 Å². The molecule has 6 nitrogen and oxygen atoms in total. The smallest absolute Gasteiger partial charge is 0.227 e. The summed E-state index contributed by atoms with van der Waals surface area (Å²) in [7, 11) is 0. The summed E-state index contributed by atoms with van der Waals surface area (Å²) in [5, 5.41) is 46.3. The van der Waals surface area contributed by atoms with Gasteiger partial charge in [-0.15, -0.1) is 11.3 Å². The Kier molecular flexibility index (Phi) is 5.49. The molecule has 150 valence electrons. The van der Waals surface area contributed by atoms with Crippen molar-refractivity contribution >= 4 is 17.2 Å². The normalized spacial score (nSPS) is 22.5. The Morgan fingerprint density at radius 1 is 1.06 bits per heavy atom. The minimum Gasteiger partial charge on any atom is -0.762 e. The Morgan fingerprint density at radius 2 is 1.77 bits per heavy atom. The van der Waals surface area contributed by atoms with Crippen LogP contribution in [0.25, 0.3) is 5.41 Å². The van der Waals surface area contributed by atoms with Gasteiger partial charge in [-0.3, -0.25) is 0 Å². The van der Waals surface area contributed by atoms with E-state index in [0.29, 0.717) is 5.56 Å². The largest absolute Gasteiger partial charge is 0.762 e. The third-order valence-electron chi connectivity index (χ3n) is 5.36. The van der Waals surface area contributed by atoms with Gasteiger partial charge in [0, 0.05) is 22.6 Å². The minimum atomic E-state index is -1.70. The molecule has 1 aliphatic heterocycles. The molecule has 1 aromatic carbocycles. The highest BCUT2D eigenvalue weighted by Gasteiger charge is 2.56. The van der Waals surface area contributed by atoms with Gasteiger partial charge in [0.15, 0.2) is 12.4 Å². The van der Waals surface area contributed by atoms with Crippen molar-refractivity contribution in [2.75, 3.05) is 0 Å². The number of rotatable bonds is 4. The van der Waals surface area contributed by atoms with E-state index in [2.05, 4.69) is 11.4 Å². The lowest BCUT2D eigenvalue weighted by Gasteiger charge is -2.42. The fourth-order valence-electron chi connectivity index (χ4n) is 4.03. The second kappa shape index (κ2) is 8.39. The summed E-state index contributed by atoms with van der Waals surface area (Å²) in [6.07, 6.45) is 3.67. The number of hydrogen-bond donors (Lipinski definition) is 2. The zero-order chi connectivity index (χ0) is 21.8. The lowest BCUT2D eigenvalue weighted by Crippen LogP contribution is -2.62. The van der Waals surface area contributed by atoms with Crippen LogP contribution in [-0.4, -0.2) is 11.0 Å². The monoisotopic (exact) mass is 423 g/mol. The average Bonchev–Trinajstić information content (AvgIpc) is 3.35. The van der Waals surface area contributed by atoms with Gasteiger partial charge in [0.1, 0.15) is 6.07 Å². The topological polar surface area (TPSA) is 106 Å². The van der Waals surface area contributed by atoms with Crippen molar-refractivity contribution < 1.29 is 9.67 Å². The number of hydrogen-bond acceptors (Lipinski definition) is 5. The van der Waals surface area contributed by atoms with Crippen molar-refractivity contribution in [3.8, 4) is 12.1 Å². The molecule has 3 aromatic rings. The summed E-state index contributed by atoms with van der Waals surface area (Å²) in [6, 6.07) is 21.8. The fourth-order valence-corrected chi connectivity index (χ4v) is 4.90. The first-order valence-corrected chi connectivity index (χ1v) is 10.4. The van der Waals surface area contributed by atoms with Crippen LogP contribution in [0, 0.1) is 22.7 Å². The van der Waals surface area contributed by atoms with E-state index in [1.165, 1.54) is 11.3 Å². The van der Waals surface area contributed by atoms with E-state index in [4.69, 9.17) is 0 Å². The number of thiophene rings is 1. The highest BCUT2D eigenvalue weighted by atomic mass is 32.1. The predicted molar refractivity (Wildman–Crippen MR) is 116 cm³/mol. The third kappa shape index (κ3) is 3.44. The number of aromatic nitrogens is 1. The maximum Gasteiger partial charge on any atom is 0.227 e. The zero-order valence-corrected chi connectivity index (χ0v) is 17.1. The molecule has 4 rings (SSSR count). The first-order chi connectivity index (χ1) is 15.1. The van der Waals surface area contributed by atoms with Gasteiger partial charge in [0.25, 0.3) is 0 Å². The minimum absolute atomic E-state index is 0.0602. The summed E-state index contributed by atoms with van der Waals surface area (Å²) in [5.74, 6) is 1.28. The summed E-state index contributed by atoms with van der Waals surface area (Å²) in [6.45, 7) is 0. The van der Waals surface area contributed by atoms with E-state index >= 15 is 0 Å². The highest BCUT2D eigenvalue weighted by Crippen LogP contribution is 2.48. The maximum atomic E-state index is 12.1. The Morgan fingerprint density at radius 3 is 2.35 bits per heavy atom. The van der Waals surface area contributed by atoms with E-state index in [-0.39, 0.29) is 16.8 Å². The maximum absolute atomic E-state index is 12.1. The Bertz CT molecular complexity index is 1250. The van der Waals surface area contributed by atoms with Crippen LogP contribution in [-0.2, 0) is 5.72 Å². The molecular formula is C24H17N5OS. The number of nitriles is 2. The summed E-state index contributed by atoms with van der Waals surface area (Å²) in [5.41, 5.74) is -1.09. The van der Waals surface area contributed by atoms with E-state index in [1.54, 1.807) is 12.1 Å². The SMILES string of the molecule is N#CC(=C=[N-])C1=C(C#N)[C@@H](c2cccs2)[C@H]([n+]2ccccc2)[C@@](O)(c2ccccc2)N1. The summed E-state index contributed by atoms with van der Waals surface area (Å²) >= 11 is 1.46. The van der Waals surface area contributed by atoms with Crippen LogP contribution in [0.1, 0.15) is 22.4 Å². The third-order valence-corrected chi connectivity index (χ3v) is 6.31. The Labute approximate surface area is 183 Å². The molecule has 7 heteroatoms. The fraction of sp³-hybridized carbons (Fsp3) is 0.125. The number of pyridine rings is 1. The van der Waals surface area contributed by atoms with Gasteiger partial charge >= 0.3 is 0 Å². The molecule has 0 radical (unpaired) electrons. The van der Waals surface area contributed by atoms with E-state index in [1.807, 2.05) is 82.8 Å². The zero-order valence-electron chi connectivity index (χ0n) is 16.3. The molecule has 0 unspecified atom stereocenters. The highest BCUT2D eigenvalue weighted by molar-refractivity contribution is 7.10. The van der Waals surface area contributed by atoms with Crippen LogP contribution in [0.5, 0.6) is 0 Å². The van der Waals surface area contributed by atoms with Crippen molar-refractivity contribution in [3.63, 3.8) is 0 Å². The van der Waals surface area contributed by atoms with Crippen LogP contribution < -0.4 is 9.88 Å². The molecule has 1 aliphatic rings. The standard InChI is InChI=1S/C24H17N5OS/c25-14-17(15-26)22-19(16-27)21(20-10-7-13-31-20)23(29-11-5-2-6-12-29)24(30,28-22)18-8-3-1-4-9-18/h1-13,21,23,28,30H/t21-,23-,24-/m0/s1. The number of nitrogens with one attached hydrogen (secondary N) is 1. The molecule has 0 fully saturated rings. The van der Waals surface area contributed by atoms with Crippen LogP contribution in [0.4, 0.5) is 0 Å². The molecule has 3 heterocycles. The van der Waals surface area contributed by atoms with E-state index < -0.39 is 17.7 Å². The summed E-state index contributed by atoms with van der Waals surface area (Å²) < 4.78 is 1.86. The van der Waals surface area contributed by atoms with Gasteiger partial charge in [-0.25, -0.2) is 5.87 Å². The Hall–Kier alpha value is -4.00. The van der Waals surface area contributed by atoms with Crippen LogP contribution in [0.15, 0.2) is 95.3 Å². The molecule has 0 bridgehead atoms. The van der Waals surface area contributed by atoms with Gasteiger partial charge in [0.2, 0.25) is 11.8 Å². The molecule has 0 saturated carbocycles. The van der Waals surface area contributed by atoms with Crippen molar-refractivity contribution in [1.29, 1.82) is 10.5 Å². The van der Waals surface area contributed by atoms with Crippen molar-refractivity contribution in [2.24, 2.45) is 0 Å². The molecule has 2 N–H and O–H groups in total. The quantitative estimate of drug-likeness (QED) is 0.382. The summed E-state index contributed by atoms with van der Waals surface area (Å²) in [4.78, 5) is 0.849. The number of nitrogens with zero attached hydrogens (tertiary/aromatic N) is 4. The van der Waals surface area contributed by atoms with Crippen LogP contribution in [0.2, 0.25) is 0 Å². The number of benzene rings is 1. The van der Waals surface area contributed by atoms with E-state index in [0.717, 1.165) is 4.88 Å². The number of aliphatic hydroxyl groups is 1. The molecule has 0 aliphatic carbocycles. The lowest BCUT2D eigenvalue weighted by atomic mass is 9.75. The lowest BCUT2D eigenvalue weighted by molar-refractivity contribution is -0.743. The Balaban J connectivity index is 2.09. The molecule has 0 amide bonds. The molecule has 0 spiro atoms. The predicted octanol–water partition coefficient (Wildman–Crippen LogP) is 3.28. The van der Waals surface area contributed by atoms with Gasteiger partial charge in [-0.2, -0.15) is 15.1 Å². The molecule has 2 aromatic heterocycles. The molecule has 3 atom stereocenters. The average molecular weight is 424 g/mol. The second-order valence-electron chi connectivity index (χ2n) is 7.02. The second-order valence-corrected chi connectivity index (χ2v) is 8.00. The molecule has 31 heavy (non-hydrogen) atoms. The van der Waals surface area contributed by atoms with Crippen LogP contribution >= 0.6 is 11.3 Å².